The Hall–Kier alpha value is -3.02. The number of aromatic nitrogens is 2. The van der Waals surface area contributed by atoms with Gasteiger partial charge in [-0.2, -0.15) is 0 Å². The van der Waals surface area contributed by atoms with Crippen LogP contribution in [0.15, 0.2) is 46.9 Å². The summed E-state index contributed by atoms with van der Waals surface area (Å²) in [6.45, 7) is 2.45. The van der Waals surface area contributed by atoms with E-state index in [4.69, 9.17) is 13.9 Å². The van der Waals surface area contributed by atoms with Gasteiger partial charge in [0.05, 0.1) is 20.8 Å². The highest BCUT2D eigenvalue weighted by molar-refractivity contribution is 5.55. The van der Waals surface area contributed by atoms with E-state index in [9.17, 15) is 0 Å². The molecular weight excluding hydrogens is 306 g/mol. The summed E-state index contributed by atoms with van der Waals surface area (Å²) < 4.78 is 16.2. The fraction of sp³-hybridized carbons (Fsp3) is 0.222. The van der Waals surface area contributed by atoms with Gasteiger partial charge in [0, 0.05) is 17.3 Å². The molecule has 0 radical (unpaired) electrons. The normalized spacial score (nSPS) is 10.5. The van der Waals surface area contributed by atoms with Crippen LogP contribution in [0.5, 0.6) is 11.5 Å². The van der Waals surface area contributed by atoms with Gasteiger partial charge in [-0.15, -0.1) is 10.2 Å². The molecule has 0 spiro atoms. The number of aryl methyl sites for hydroxylation is 1. The third kappa shape index (κ3) is 3.48. The van der Waals surface area contributed by atoms with Crippen molar-refractivity contribution >= 4 is 5.69 Å². The highest BCUT2D eigenvalue weighted by Crippen LogP contribution is 2.30. The highest BCUT2D eigenvalue weighted by atomic mass is 16.5. The first-order chi connectivity index (χ1) is 11.7. The van der Waals surface area contributed by atoms with Gasteiger partial charge in [-0.3, -0.25) is 0 Å². The summed E-state index contributed by atoms with van der Waals surface area (Å²) in [6, 6.07) is 13.6. The van der Waals surface area contributed by atoms with Crippen LogP contribution in [-0.2, 0) is 6.54 Å². The van der Waals surface area contributed by atoms with Crippen LogP contribution in [0.4, 0.5) is 5.69 Å². The Morgan fingerprint density at radius 3 is 2.58 bits per heavy atom. The molecule has 6 nitrogen and oxygen atoms in total. The Morgan fingerprint density at radius 1 is 1.00 bits per heavy atom. The number of anilines is 1. The number of nitrogens with one attached hydrogen (secondary N) is 1. The minimum absolute atomic E-state index is 0.425. The molecule has 0 bridgehead atoms. The van der Waals surface area contributed by atoms with E-state index in [2.05, 4.69) is 15.5 Å². The van der Waals surface area contributed by atoms with Gasteiger partial charge in [0.15, 0.2) is 11.5 Å². The second-order valence-electron chi connectivity index (χ2n) is 5.29. The molecule has 3 aromatic rings. The number of methoxy groups -OCH3 is 2. The standard InChI is InChI=1S/C18H19N3O3/c1-12-5-4-6-13(9-12)18-21-20-17(24-18)11-19-14-7-8-15(22-2)16(10-14)23-3/h4-10,19H,11H2,1-3H3. The van der Waals surface area contributed by atoms with Crippen LogP contribution < -0.4 is 14.8 Å². The quantitative estimate of drug-likeness (QED) is 0.745. The molecule has 0 unspecified atom stereocenters. The number of hydrogen-bond donors (Lipinski definition) is 1. The van der Waals surface area contributed by atoms with Crippen LogP contribution in [0, 0.1) is 6.92 Å². The predicted octanol–water partition coefficient (Wildman–Crippen LogP) is 3.67. The van der Waals surface area contributed by atoms with E-state index in [0.29, 0.717) is 29.8 Å². The summed E-state index contributed by atoms with van der Waals surface area (Å²) >= 11 is 0. The smallest absolute Gasteiger partial charge is 0.247 e. The minimum atomic E-state index is 0.425. The Kier molecular flexibility index (Phi) is 4.65. The summed E-state index contributed by atoms with van der Waals surface area (Å²) in [5.74, 6) is 2.38. The largest absolute Gasteiger partial charge is 0.493 e. The average Bonchev–Trinajstić information content (AvgIpc) is 3.08. The first kappa shape index (κ1) is 15.9. The molecule has 1 heterocycles. The summed E-state index contributed by atoms with van der Waals surface area (Å²) in [6.07, 6.45) is 0. The van der Waals surface area contributed by atoms with Crippen LogP contribution >= 0.6 is 0 Å². The van der Waals surface area contributed by atoms with Gasteiger partial charge in [0.25, 0.3) is 0 Å². The predicted molar refractivity (Wildman–Crippen MR) is 91.3 cm³/mol. The molecule has 0 amide bonds. The number of nitrogens with zero attached hydrogens (tertiary/aromatic N) is 2. The Morgan fingerprint density at radius 2 is 1.83 bits per heavy atom. The van der Waals surface area contributed by atoms with E-state index in [-0.39, 0.29) is 0 Å². The molecule has 0 fully saturated rings. The Balaban J connectivity index is 1.69. The van der Waals surface area contributed by atoms with E-state index in [1.54, 1.807) is 14.2 Å². The summed E-state index contributed by atoms with van der Waals surface area (Å²) in [4.78, 5) is 0. The van der Waals surface area contributed by atoms with Gasteiger partial charge in [0.2, 0.25) is 11.8 Å². The van der Waals surface area contributed by atoms with E-state index < -0.39 is 0 Å². The third-order valence-electron chi connectivity index (χ3n) is 3.56. The molecule has 0 aliphatic carbocycles. The molecule has 1 aromatic heterocycles. The first-order valence-electron chi connectivity index (χ1n) is 7.55. The average molecular weight is 325 g/mol. The maximum absolute atomic E-state index is 5.71. The SMILES string of the molecule is COc1ccc(NCc2nnc(-c3cccc(C)c3)o2)cc1OC. The van der Waals surface area contributed by atoms with Crippen LogP contribution in [-0.4, -0.2) is 24.4 Å². The van der Waals surface area contributed by atoms with Gasteiger partial charge >= 0.3 is 0 Å². The number of benzene rings is 2. The van der Waals surface area contributed by atoms with E-state index >= 15 is 0 Å². The van der Waals surface area contributed by atoms with Crippen molar-refractivity contribution in [1.29, 1.82) is 0 Å². The topological polar surface area (TPSA) is 69.4 Å². The molecule has 1 N–H and O–H groups in total. The molecule has 124 valence electrons. The second-order valence-corrected chi connectivity index (χ2v) is 5.29. The van der Waals surface area contributed by atoms with Gasteiger partial charge in [-0.1, -0.05) is 17.7 Å². The lowest BCUT2D eigenvalue weighted by Gasteiger charge is -2.10. The fourth-order valence-corrected chi connectivity index (χ4v) is 2.34. The summed E-state index contributed by atoms with van der Waals surface area (Å²) in [5.41, 5.74) is 2.94. The lowest BCUT2D eigenvalue weighted by atomic mass is 10.1. The summed E-state index contributed by atoms with van der Waals surface area (Å²) in [5, 5.41) is 11.4. The van der Waals surface area contributed by atoms with Crippen molar-refractivity contribution in [2.75, 3.05) is 19.5 Å². The van der Waals surface area contributed by atoms with Crippen molar-refractivity contribution in [2.45, 2.75) is 13.5 Å². The lowest BCUT2D eigenvalue weighted by molar-refractivity contribution is 0.355. The molecule has 0 saturated carbocycles. The fourth-order valence-electron chi connectivity index (χ4n) is 2.34. The third-order valence-corrected chi connectivity index (χ3v) is 3.56. The molecule has 6 heteroatoms. The molecule has 0 aliphatic rings. The van der Waals surface area contributed by atoms with Crippen molar-refractivity contribution in [3.8, 4) is 23.0 Å². The van der Waals surface area contributed by atoms with Crippen LogP contribution in [0.25, 0.3) is 11.5 Å². The number of rotatable bonds is 6. The zero-order chi connectivity index (χ0) is 16.9. The number of hydrogen-bond acceptors (Lipinski definition) is 6. The zero-order valence-corrected chi connectivity index (χ0v) is 13.9. The second kappa shape index (κ2) is 7.04. The molecular formula is C18H19N3O3. The minimum Gasteiger partial charge on any atom is -0.493 e. The van der Waals surface area contributed by atoms with Crippen LogP contribution in [0.3, 0.4) is 0 Å². The maximum Gasteiger partial charge on any atom is 0.247 e. The summed E-state index contributed by atoms with van der Waals surface area (Å²) in [7, 11) is 3.21. The van der Waals surface area contributed by atoms with E-state index in [1.165, 1.54) is 0 Å². The highest BCUT2D eigenvalue weighted by Gasteiger charge is 2.09. The number of ether oxygens (including phenoxy) is 2. The monoisotopic (exact) mass is 325 g/mol. The van der Waals surface area contributed by atoms with Gasteiger partial charge < -0.3 is 19.2 Å². The lowest BCUT2D eigenvalue weighted by Crippen LogP contribution is -2.00. The Labute approximate surface area is 140 Å². The first-order valence-corrected chi connectivity index (χ1v) is 7.55. The molecule has 0 atom stereocenters. The molecule has 0 saturated heterocycles. The zero-order valence-electron chi connectivity index (χ0n) is 13.9. The van der Waals surface area contributed by atoms with Gasteiger partial charge in [-0.05, 0) is 31.2 Å². The van der Waals surface area contributed by atoms with E-state index in [0.717, 1.165) is 16.8 Å². The molecule has 24 heavy (non-hydrogen) atoms. The van der Waals surface area contributed by atoms with Crippen molar-refractivity contribution < 1.29 is 13.9 Å². The van der Waals surface area contributed by atoms with Crippen molar-refractivity contribution in [1.82, 2.24) is 10.2 Å². The van der Waals surface area contributed by atoms with E-state index in [1.807, 2.05) is 49.4 Å². The van der Waals surface area contributed by atoms with Gasteiger partial charge in [0.1, 0.15) is 0 Å². The van der Waals surface area contributed by atoms with Crippen molar-refractivity contribution in [3.05, 3.63) is 53.9 Å². The molecule has 0 aliphatic heterocycles. The van der Waals surface area contributed by atoms with Crippen LogP contribution in [0.2, 0.25) is 0 Å². The van der Waals surface area contributed by atoms with Crippen molar-refractivity contribution in [2.24, 2.45) is 0 Å². The molecule has 2 aromatic carbocycles. The maximum atomic E-state index is 5.71. The molecule has 3 rings (SSSR count). The van der Waals surface area contributed by atoms with Gasteiger partial charge in [-0.25, -0.2) is 0 Å². The van der Waals surface area contributed by atoms with Crippen LogP contribution in [0.1, 0.15) is 11.5 Å². The van der Waals surface area contributed by atoms with Crippen molar-refractivity contribution in [3.63, 3.8) is 0 Å². The Bertz CT molecular complexity index is 830.